The van der Waals surface area contributed by atoms with Crippen LogP contribution >= 0.6 is 0 Å². The molecule has 4 aromatic rings. The summed E-state index contributed by atoms with van der Waals surface area (Å²) in [4.78, 5) is 29.5. The summed E-state index contributed by atoms with van der Waals surface area (Å²) in [6, 6.07) is 17.2. The van der Waals surface area contributed by atoms with Gasteiger partial charge in [-0.15, -0.1) is 0 Å². The van der Waals surface area contributed by atoms with E-state index in [0.29, 0.717) is 11.3 Å². The number of nitrogens with one attached hydrogen (secondary N) is 1. The zero-order chi connectivity index (χ0) is 22.1. The van der Waals surface area contributed by atoms with Gasteiger partial charge in [0.1, 0.15) is 5.65 Å². The highest BCUT2D eigenvalue weighted by atomic mass is 16.1. The fourth-order valence-corrected chi connectivity index (χ4v) is 3.71. The molecule has 5 nitrogen and oxygen atoms in total. The van der Waals surface area contributed by atoms with Crippen molar-refractivity contribution in [2.45, 2.75) is 34.1 Å². The summed E-state index contributed by atoms with van der Waals surface area (Å²) in [7, 11) is 0. The Morgan fingerprint density at radius 3 is 2.48 bits per heavy atom. The predicted molar refractivity (Wildman–Crippen MR) is 124 cm³/mol. The first-order valence-corrected chi connectivity index (χ1v) is 10.3. The quantitative estimate of drug-likeness (QED) is 0.453. The van der Waals surface area contributed by atoms with Gasteiger partial charge in [0.05, 0.1) is 17.8 Å². The molecule has 0 aliphatic heterocycles. The van der Waals surface area contributed by atoms with E-state index in [2.05, 4.69) is 37.4 Å². The van der Waals surface area contributed by atoms with Crippen molar-refractivity contribution in [1.29, 1.82) is 0 Å². The van der Waals surface area contributed by atoms with E-state index in [9.17, 15) is 9.59 Å². The summed E-state index contributed by atoms with van der Waals surface area (Å²) in [6.07, 6.45) is 2.11. The third kappa shape index (κ3) is 4.12. The molecule has 1 amide bonds. The molecule has 31 heavy (non-hydrogen) atoms. The second-order valence-corrected chi connectivity index (χ2v) is 7.95. The molecule has 0 atom stereocenters. The first-order valence-electron chi connectivity index (χ1n) is 10.3. The van der Waals surface area contributed by atoms with Crippen LogP contribution in [0.1, 0.15) is 39.7 Å². The minimum absolute atomic E-state index is 0.0367. The Bertz CT molecular complexity index is 1320. The Hall–Kier alpha value is -3.73. The second-order valence-electron chi connectivity index (χ2n) is 7.95. The lowest BCUT2D eigenvalue weighted by atomic mass is 10.0. The summed E-state index contributed by atoms with van der Waals surface area (Å²) in [5.41, 5.74) is 8.11. The number of imidazole rings is 1. The molecule has 2 heterocycles. The summed E-state index contributed by atoms with van der Waals surface area (Å²) in [5, 5.41) is 2.92. The first-order chi connectivity index (χ1) is 14.8. The molecule has 156 valence electrons. The van der Waals surface area contributed by atoms with Gasteiger partial charge in [0.2, 0.25) is 5.91 Å². The second kappa shape index (κ2) is 8.19. The molecule has 4 rings (SSSR count). The number of hydrogen-bond donors (Lipinski definition) is 1. The van der Waals surface area contributed by atoms with E-state index in [1.54, 1.807) is 24.3 Å². The first kappa shape index (κ1) is 20.5. The van der Waals surface area contributed by atoms with Gasteiger partial charge in [0.25, 0.3) is 0 Å². The number of ketones is 1. The van der Waals surface area contributed by atoms with E-state index in [1.165, 1.54) is 18.1 Å². The maximum Gasteiger partial charge on any atom is 0.230 e. The molecule has 2 aromatic heterocycles. The number of carbonyl (C=O) groups is 2. The van der Waals surface area contributed by atoms with Gasteiger partial charge in [0, 0.05) is 23.0 Å². The number of aromatic nitrogens is 2. The topological polar surface area (TPSA) is 63.5 Å². The summed E-state index contributed by atoms with van der Waals surface area (Å²) in [5.74, 6) is -0.195. The van der Waals surface area contributed by atoms with Crippen LogP contribution in [0.4, 0.5) is 5.69 Å². The number of hydrogen-bond acceptors (Lipinski definition) is 3. The van der Waals surface area contributed by atoms with Crippen LogP contribution in [0.15, 0.2) is 60.8 Å². The fraction of sp³-hybridized carbons (Fsp3) is 0.192. The molecule has 0 saturated heterocycles. The van der Waals surface area contributed by atoms with Crippen LogP contribution in [0.2, 0.25) is 0 Å². The number of fused-ring (bicyclic) bond motifs is 1. The third-order valence-electron chi connectivity index (χ3n) is 5.61. The maximum atomic E-state index is 13.0. The van der Waals surface area contributed by atoms with Crippen molar-refractivity contribution in [3.8, 4) is 11.3 Å². The smallest absolute Gasteiger partial charge is 0.230 e. The van der Waals surface area contributed by atoms with Crippen LogP contribution in [0.5, 0.6) is 0 Å². The van der Waals surface area contributed by atoms with E-state index in [0.717, 1.165) is 28.2 Å². The normalized spacial score (nSPS) is 11.0. The van der Waals surface area contributed by atoms with E-state index in [-0.39, 0.29) is 18.1 Å². The van der Waals surface area contributed by atoms with Crippen molar-refractivity contribution in [3.63, 3.8) is 0 Å². The molecule has 0 aliphatic rings. The van der Waals surface area contributed by atoms with Gasteiger partial charge >= 0.3 is 0 Å². The fourth-order valence-electron chi connectivity index (χ4n) is 3.71. The molecule has 5 heteroatoms. The van der Waals surface area contributed by atoms with E-state index < -0.39 is 0 Å². The van der Waals surface area contributed by atoms with E-state index >= 15 is 0 Å². The Balaban J connectivity index is 1.73. The highest BCUT2D eigenvalue weighted by molar-refractivity contribution is 5.97. The molecule has 0 aliphatic carbocycles. The Kier molecular flexibility index (Phi) is 5.42. The van der Waals surface area contributed by atoms with E-state index in [1.807, 2.05) is 29.7 Å². The van der Waals surface area contributed by atoms with Crippen LogP contribution in [0.25, 0.3) is 16.9 Å². The average Bonchev–Trinajstić information content (AvgIpc) is 3.10. The zero-order valence-corrected chi connectivity index (χ0v) is 18.2. The van der Waals surface area contributed by atoms with Gasteiger partial charge in [0.15, 0.2) is 5.78 Å². The molecule has 0 radical (unpaired) electrons. The van der Waals surface area contributed by atoms with Gasteiger partial charge in [-0.25, -0.2) is 4.98 Å². The van der Waals surface area contributed by atoms with Crippen molar-refractivity contribution < 1.29 is 9.59 Å². The van der Waals surface area contributed by atoms with Gasteiger partial charge in [-0.1, -0.05) is 30.3 Å². The lowest BCUT2D eigenvalue weighted by molar-refractivity contribution is -0.115. The van der Waals surface area contributed by atoms with Crippen LogP contribution < -0.4 is 5.32 Å². The molecular formula is C26H25N3O2. The Morgan fingerprint density at radius 1 is 0.935 bits per heavy atom. The largest absolute Gasteiger partial charge is 0.326 e. The number of carbonyl (C=O) groups excluding carboxylic acids is 2. The third-order valence-corrected chi connectivity index (χ3v) is 5.61. The standard InChI is InChI=1S/C26H25N3O2/c1-16-10-11-21(13-18(16)3)25-23(29-12-6-7-17(2)26(29)28-25)15-24(31)27-22-9-5-8-20(14-22)19(4)30/h5-14H,15H2,1-4H3,(H,27,31). The van der Waals surface area contributed by atoms with Gasteiger partial charge in [-0.05, 0) is 68.7 Å². The molecule has 1 N–H and O–H groups in total. The molecule has 2 aromatic carbocycles. The van der Waals surface area contributed by atoms with Crippen molar-refractivity contribution in [3.05, 3.63) is 88.7 Å². The van der Waals surface area contributed by atoms with Crippen molar-refractivity contribution in [2.75, 3.05) is 5.32 Å². The van der Waals surface area contributed by atoms with Crippen molar-refractivity contribution in [1.82, 2.24) is 9.38 Å². The van der Waals surface area contributed by atoms with Crippen molar-refractivity contribution >= 4 is 23.0 Å². The van der Waals surface area contributed by atoms with Crippen LogP contribution in [0, 0.1) is 20.8 Å². The highest BCUT2D eigenvalue weighted by Crippen LogP contribution is 2.28. The Labute approximate surface area is 181 Å². The van der Waals surface area contributed by atoms with Crippen LogP contribution in [-0.2, 0) is 11.2 Å². The van der Waals surface area contributed by atoms with Gasteiger partial charge in [-0.2, -0.15) is 0 Å². The van der Waals surface area contributed by atoms with Gasteiger partial charge < -0.3 is 9.72 Å². The van der Waals surface area contributed by atoms with Crippen LogP contribution in [-0.4, -0.2) is 21.1 Å². The number of Topliss-reactive ketones (excluding diaryl/α,β-unsaturated/α-hetero) is 1. The number of pyridine rings is 1. The average molecular weight is 412 g/mol. The molecule has 0 saturated carbocycles. The SMILES string of the molecule is CC(=O)c1cccc(NC(=O)Cc2c(-c3ccc(C)c(C)c3)nc3c(C)cccn23)c1. The molecular weight excluding hydrogens is 386 g/mol. The molecule has 0 fully saturated rings. The lowest BCUT2D eigenvalue weighted by Crippen LogP contribution is -2.16. The molecule has 0 bridgehead atoms. The summed E-state index contributed by atoms with van der Waals surface area (Å²) >= 11 is 0. The number of benzene rings is 2. The molecule has 0 spiro atoms. The maximum absolute atomic E-state index is 13.0. The number of amides is 1. The summed E-state index contributed by atoms with van der Waals surface area (Å²) < 4.78 is 1.99. The van der Waals surface area contributed by atoms with Crippen LogP contribution in [0.3, 0.4) is 0 Å². The monoisotopic (exact) mass is 411 g/mol. The lowest BCUT2D eigenvalue weighted by Gasteiger charge is -2.09. The number of nitrogens with zero attached hydrogens (tertiary/aromatic N) is 2. The highest BCUT2D eigenvalue weighted by Gasteiger charge is 2.18. The Morgan fingerprint density at radius 2 is 1.74 bits per heavy atom. The van der Waals surface area contributed by atoms with Crippen molar-refractivity contribution in [2.24, 2.45) is 0 Å². The summed E-state index contributed by atoms with van der Waals surface area (Å²) in [6.45, 7) is 7.69. The number of rotatable bonds is 5. The minimum Gasteiger partial charge on any atom is -0.326 e. The van der Waals surface area contributed by atoms with Gasteiger partial charge in [-0.3, -0.25) is 9.59 Å². The number of aryl methyl sites for hydroxylation is 3. The molecule has 0 unspecified atom stereocenters. The minimum atomic E-state index is -0.158. The zero-order valence-electron chi connectivity index (χ0n) is 18.2. The number of anilines is 1. The van der Waals surface area contributed by atoms with E-state index in [4.69, 9.17) is 4.98 Å². The predicted octanol–water partition coefficient (Wildman–Crippen LogP) is 5.31.